The Labute approximate surface area is 248 Å². The number of amides is 2. The van der Waals surface area contributed by atoms with Gasteiger partial charge in [-0.05, 0) is 35.1 Å². The fourth-order valence-electron chi connectivity index (χ4n) is 6.36. The Kier molecular flexibility index (Phi) is 6.31. The number of hydrogen-bond acceptors (Lipinski definition) is 9. The van der Waals surface area contributed by atoms with Crippen molar-refractivity contribution in [2.45, 2.75) is 63.9 Å². The van der Waals surface area contributed by atoms with Gasteiger partial charge in [0.1, 0.15) is 29.4 Å². The number of carbonyl (C=O) groups is 2. The number of aliphatic hydroxyl groups is 1. The first-order chi connectivity index (χ1) is 20.7. The zero-order chi connectivity index (χ0) is 30.0. The van der Waals surface area contributed by atoms with E-state index in [2.05, 4.69) is 20.9 Å². The van der Waals surface area contributed by atoms with Gasteiger partial charge in [-0.25, -0.2) is 9.97 Å². The number of para-hydroxylation sites is 1. The molecule has 0 radical (unpaired) electrons. The minimum absolute atomic E-state index is 0.130. The Hall–Kier alpha value is -4.64. The predicted octanol–water partition coefficient (Wildman–Crippen LogP) is 3.68. The van der Waals surface area contributed by atoms with Crippen molar-refractivity contribution in [3.8, 4) is 17.2 Å². The zero-order valence-electron chi connectivity index (χ0n) is 24.3. The van der Waals surface area contributed by atoms with Crippen LogP contribution in [0.25, 0.3) is 11.5 Å². The molecule has 4 bridgehead atoms. The maximum atomic E-state index is 13.8. The standard InChI is InChI=1S/C32H33N5O6/c1-15(2)24-30-37-25(23-13-33-14-41-23)27(43-30)32-18-7-5-6-8-20(18)35-31(32)42-22-10-9-17(11-19(22)32)12-21(28(39)36-24)34-29(40)26(38)16(3)4/h5-11,13-16,21,24,26,31,35,38H,12H2,1-4H3,(H,34,40)(H,36,39)/t21-,24-,26-,31?,32?/m0/s1. The highest BCUT2D eigenvalue weighted by Crippen LogP contribution is 2.59. The van der Waals surface area contributed by atoms with Crippen LogP contribution in [0.4, 0.5) is 5.69 Å². The third kappa shape index (κ3) is 4.13. The van der Waals surface area contributed by atoms with Crippen LogP contribution in [0.2, 0.25) is 0 Å². The highest BCUT2D eigenvalue weighted by Gasteiger charge is 2.61. The number of carbonyl (C=O) groups excluding carboxylic acids is 2. The first kappa shape index (κ1) is 27.2. The van der Waals surface area contributed by atoms with E-state index in [1.165, 1.54) is 6.39 Å². The first-order valence-electron chi connectivity index (χ1n) is 14.5. The van der Waals surface area contributed by atoms with Crippen LogP contribution in [0.3, 0.4) is 0 Å². The number of aromatic nitrogens is 2. The molecule has 1 spiro atoms. The molecule has 0 fully saturated rings. The van der Waals surface area contributed by atoms with Crippen molar-refractivity contribution in [1.82, 2.24) is 20.6 Å². The number of ether oxygens (including phenoxy) is 1. The van der Waals surface area contributed by atoms with Crippen LogP contribution in [0.15, 0.2) is 63.9 Å². The highest BCUT2D eigenvalue weighted by molar-refractivity contribution is 5.90. The fourth-order valence-corrected chi connectivity index (χ4v) is 6.36. The molecule has 5 atom stereocenters. The molecule has 4 aromatic rings. The van der Waals surface area contributed by atoms with Gasteiger partial charge in [-0.15, -0.1) is 0 Å². The molecule has 0 saturated carbocycles. The normalized spacial score (nSPS) is 24.3. The second kappa shape index (κ2) is 9.98. The van der Waals surface area contributed by atoms with E-state index < -0.39 is 41.6 Å². The van der Waals surface area contributed by atoms with Gasteiger partial charge in [-0.3, -0.25) is 9.59 Å². The summed E-state index contributed by atoms with van der Waals surface area (Å²) >= 11 is 0. The lowest BCUT2D eigenvalue weighted by molar-refractivity contribution is -0.135. The molecule has 3 aliphatic rings. The number of rotatable bonds is 5. The Morgan fingerprint density at radius 1 is 1.12 bits per heavy atom. The average molecular weight is 584 g/mol. The molecule has 222 valence electrons. The lowest BCUT2D eigenvalue weighted by atomic mass is 9.72. The van der Waals surface area contributed by atoms with Gasteiger partial charge in [0.2, 0.25) is 17.7 Å². The second-order valence-corrected chi connectivity index (χ2v) is 12.1. The van der Waals surface area contributed by atoms with Crippen LogP contribution >= 0.6 is 0 Å². The summed E-state index contributed by atoms with van der Waals surface area (Å²) in [6.45, 7) is 7.40. The molecule has 2 amide bonds. The summed E-state index contributed by atoms with van der Waals surface area (Å²) < 4.78 is 19.1. The van der Waals surface area contributed by atoms with Gasteiger partial charge in [0.25, 0.3) is 0 Å². The molecule has 2 aromatic heterocycles. The van der Waals surface area contributed by atoms with E-state index in [4.69, 9.17) is 18.6 Å². The largest absolute Gasteiger partial charge is 0.469 e. The van der Waals surface area contributed by atoms with Gasteiger partial charge < -0.3 is 34.6 Å². The highest BCUT2D eigenvalue weighted by atomic mass is 16.5. The summed E-state index contributed by atoms with van der Waals surface area (Å²) in [5.41, 5.74) is 3.00. The van der Waals surface area contributed by atoms with Crippen molar-refractivity contribution >= 4 is 17.5 Å². The number of anilines is 1. The summed E-state index contributed by atoms with van der Waals surface area (Å²) in [5, 5.41) is 19.8. The molecule has 3 aliphatic heterocycles. The maximum Gasteiger partial charge on any atom is 0.249 e. The maximum absolute atomic E-state index is 13.8. The Bertz CT molecular complexity index is 1710. The minimum Gasteiger partial charge on any atom is -0.469 e. The van der Waals surface area contributed by atoms with Crippen LogP contribution in [-0.4, -0.2) is 45.3 Å². The van der Waals surface area contributed by atoms with Crippen molar-refractivity contribution in [2.24, 2.45) is 11.8 Å². The van der Waals surface area contributed by atoms with Crippen molar-refractivity contribution in [3.05, 3.63) is 83.4 Å². The number of nitrogens with zero attached hydrogens (tertiary/aromatic N) is 2. The van der Waals surface area contributed by atoms with Gasteiger partial charge >= 0.3 is 0 Å². The summed E-state index contributed by atoms with van der Waals surface area (Å²) in [7, 11) is 0. The topological polar surface area (TPSA) is 152 Å². The zero-order valence-corrected chi connectivity index (χ0v) is 24.3. The van der Waals surface area contributed by atoms with E-state index in [1.807, 2.05) is 56.3 Å². The lowest BCUT2D eigenvalue weighted by Crippen LogP contribution is -2.52. The Morgan fingerprint density at radius 3 is 2.67 bits per heavy atom. The number of hydrogen-bond donors (Lipinski definition) is 4. The Balaban J connectivity index is 1.47. The van der Waals surface area contributed by atoms with Crippen LogP contribution < -0.4 is 20.7 Å². The summed E-state index contributed by atoms with van der Waals surface area (Å²) in [5.74, 6) is 0.420. The summed E-state index contributed by atoms with van der Waals surface area (Å²) in [6.07, 6.45) is 1.31. The van der Waals surface area contributed by atoms with Crippen molar-refractivity contribution < 1.29 is 28.3 Å². The third-order valence-electron chi connectivity index (χ3n) is 8.62. The van der Waals surface area contributed by atoms with E-state index in [-0.39, 0.29) is 18.3 Å². The molecule has 4 N–H and O–H groups in total. The monoisotopic (exact) mass is 583 g/mol. The molecule has 43 heavy (non-hydrogen) atoms. The average Bonchev–Trinajstić information content (AvgIpc) is 3.76. The number of aliphatic hydroxyl groups excluding tert-OH is 1. The minimum atomic E-state index is -1.26. The number of oxazole rings is 2. The van der Waals surface area contributed by atoms with E-state index >= 15 is 0 Å². The van der Waals surface area contributed by atoms with Crippen LogP contribution in [0.1, 0.15) is 62.1 Å². The first-order valence-corrected chi connectivity index (χ1v) is 14.5. The van der Waals surface area contributed by atoms with Crippen molar-refractivity contribution in [1.29, 1.82) is 0 Å². The van der Waals surface area contributed by atoms with E-state index in [9.17, 15) is 14.7 Å². The predicted molar refractivity (Wildman–Crippen MR) is 155 cm³/mol. The number of nitrogens with one attached hydrogen (secondary N) is 3. The van der Waals surface area contributed by atoms with Gasteiger partial charge in [0, 0.05) is 17.7 Å². The van der Waals surface area contributed by atoms with E-state index in [0.29, 0.717) is 28.9 Å². The molecular weight excluding hydrogens is 550 g/mol. The van der Waals surface area contributed by atoms with Crippen LogP contribution in [0, 0.1) is 11.8 Å². The molecule has 11 heteroatoms. The van der Waals surface area contributed by atoms with Crippen LogP contribution in [0.5, 0.6) is 5.75 Å². The molecule has 2 aromatic carbocycles. The molecule has 5 heterocycles. The lowest BCUT2D eigenvalue weighted by Gasteiger charge is -2.29. The Morgan fingerprint density at radius 2 is 1.93 bits per heavy atom. The quantitative estimate of drug-likeness (QED) is 0.276. The van der Waals surface area contributed by atoms with Gasteiger partial charge in [0.15, 0.2) is 29.8 Å². The van der Waals surface area contributed by atoms with Crippen molar-refractivity contribution in [2.75, 3.05) is 5.32 Å². The smallest absolute Gasteiger partial charge is 0.249 e. The molecule has 2 unspecified atom stereocenters. The van der Waals surface area contributed by atoms with Gasteiger partial charge in [0.05, 0.1) is 6.20 Å². The van der Waals surface area contributed by atoms with Gasteiger partial charge in [-0.2, -0.15) is 0 Å². The second-order valence-electron chi connectivity index (χ2n) is 12.1. The number of benzene rings is 2. The summed E-state index contributed by atoms with van der Waals surface area (Å²) in [4.78, 5) is 35.9. The SMILES string of the molecule is CC(C)[C@H](O)C(=O)N[C@H]1Cc2ccc3c(c2)C2(c4ccccc4NC2O3)c2oc(nc2-c2cnco2)[C@H](C(C)C)NC1=O. The number of fused-ring (bicyclic) bond motifs is 4. The molecular formula is C32H33N5O6. The van der Waals surface area contributed by atoms with Crippen molar-refractivity contribution in [3.63, 3.8) is 0 Å². The fraction of sp³-hybridized carbons (Fsp3) is 0.375. The van der Waals surface area contributed by atoms with Gasteiger partial charge in [-0.1, -0.05) is 58.0 Å². The molecule has 0 aliphatic carbocycles. The molecule has 0 saturated heterocycles. The molecule has 11 nitrogen and oxygen atoms in total. The van der Waals surface area contributed by atoms with E-state index in [0.717, 1.165) is 22.4 Å². The van der Waals surface area contributed by atoms with E-state index in [1.54, 1.807) is 20.0 Å². The molecule has 7 rings (SSSR count). The summed E-state index contributed by atoms with van der Waals surface area (Å²) in [6, 6.07) is 12.1. The third-order valence-corrected chi connectivity index (χ3v) is 8.62. The van der Waals surface area contributed by atoms with Crippen LogP contribution in [-0.2, 0) is 21.4 Å².